The van der Waals surface area contributed by atoms with Crippen molar-refractivity contribution < 1.29 is 96.6 Å². The second-order valence-corrected chi connectivity index (χ2v) is 11.4. The monoisotopic (exact) mass is 566 g/mol. The van der Waals surface area contributed by atoms with Crippen LogP contribution in [0.5, 0.6) is 0 Å². The Morgan fingerprint density at radius 2 is 1.03 bits per heavy atom. The largest absolute Gasteiger partial charge is 1.00 e. The summed E-state index contributed by atoms with van der Waals surface area (Å²) in [5, 5.41) is 22.0. The molecule has 0 bridgehead atoms. The van der Waals surface area contributed by atoms with Crippen LogP contribution in [0.3, 0.4) is 0 Å². The number of carboxylic acid groups (broad SMARTS) is 2. The summed E-state index contributed by atoms with van der Waals surface area (Å²) in [5.74, 6) is -4.09. The summed E-state index contributed by atoms with van der Waals surface area (Å²) >= 11 is 0. The van der Waals surface area contributed by atoms with Crippen molar-refractivity contribution in [3.05, 3.63) is 0 Å². The van der Waals surface area contributed by atoms with E-state index in [0.29, 0.717) is 6.61 Å². The van der Waals surface area contributed by atoms with Crippen molar-refractivity contribution in [3.8, 4) is 0 Å². The summed E-state index contributed by atoms with van der Waals surface area (Å²) in [6.45, 7) is 2.24. The summed E-state index contributed by atoms with van der Waals surface area (Å²) in [7, 11) is -5.21. The van der Waals surface area contributed by atoms with Gasteiger partial charge in [0.05, 0.1) is 5.97 Å². The molecule has 0 rings (SSSR count). The maximum atomic E-state index is 11.5. The van der Waals surface area contributed by atoms with Crippen LogP contribution in [-0.2, 0) is 24.4 Å². The molecule has 0 heterocycles. The molecular formula is C26H48Na2O8S. The molecule has 0 aliphatic rings. The third kappa shape index (κ3) is 22.2. The molecule has 0 aliphatic heterocycles. The van der Waals surface area contributed by atoms with E-state index in [0.717, 1.165) is 25.7 Å². The SMILES string of the molecule is CCCCCCCCCCCCCCCCCCCCOCCC(CC(=O)[O-])(C(=O)[O-])S(=O)(=O)O.[Na+].[Na+]. The number of unbranched alkanes of at least 4 members (excludes halogenated alkanes) is 17. The van der Waals surface area contributed by atoms with Gasteiger partial charge in [-0.2, -0.15) is 8.42 Å². The van der Waals surface area contributed by atoms with Crippen molar-refractivity contribution in [2.45, 2.75) is 140 Å². The zero-order valence-corrected chi connectivity index (χ0v) is 28.6. The Kier molecular flexibility index (Phi) is 30.9. The molecule has 208 valence electrons. The topological polar surface area (TPSA) is 144 Å². The van der Waals surface area contributed by atoms with Gasteiger partial charge in [0.15, 0.2) is 0 Å². The number of rotatable bonds is 26. The van der Waals surface area contributed by atoms with Crippen molar-refractivity contribution in [2.24, 2.45) is 0 Å². The maximum Gasteiger partial charge on any atom is 1.00 e. The molecule has 0 aromatic heterocycles. The first-order valence-electron chi connectivity index (χ1n) is 13.6. The van der Waals surface area contributed by atoms with E-state index >= 15 is 0 Å². The van der Waals surface area contributed by atoms with Crippen molar-refractivity contribution in [1.29, 1.82) is 0 Å². The van der Waals surface area contributed by atoms with Gasteiger partial charge >= 0.3 is 59.1 Å². The van der Waals surface area contributed by atoms with Gasteiger partial charge in [0.25, 0.3) is 10.1 Å². The first-order chi connectivity index (χ1) is 16.7. The Bertz CT molecular complexity index is 661. The predicted molar refractivity (Wildman–Crippen MR) is 133 cm³/mol. The summed E-state index contributed by atoms with van der Waals surface area (Å²) in [6, 6.07) is 0. The molecule has 1 unspecified atom stereocenters. The molecule has 0 aromatic rings. The van der Waals surface area contributed by atoms with Crippen molar-refractivity contribution in [2.75, 3.05) is 13.2 Å². The predicted octanol–water partition coefficient (Wildman–Crippen LogP) is -2.04. The van der Waals surface area contributed by atoms with Crippen LogP contribution >= 0.6 is 0 Å². The number of carboxylic acids is 2. The van der Waals surface area contributed by atoms with Crippen molar-refractivity contribution in [1.82, 2.24) is 0 Å². The maximum absolute atomic E-state index is 11.5. The minimum atomic E-state index is -5.21. The molecule has 37 heavy (non-hydrogen) atoms. The Morgan fingerprint density at radius 1 is 0.676 bits per heavy atom. The third-order valence-corrected chi connectivity index (χ3v) is 8.09. The second kappa shape index (κ2) is 27.0. The number of carbonyl (C=O) groups excluding carboxylic acids is 2. The first-order valence-corrected chi connectivity index (χ1v) is 15.1. The van der Waals surface area contributed by atoms with Crippen LogP contribution in [0, 0.1) is 0 Å². The molecule has 8 nitrogen and oxygen atoms in total. The fraction of sp³-hybridized carbons (Fsp3) is 0.923. The standard InChI is InChI=1S/C26H50O8S.2Na/c1-2-3-4-5-6-7-8-9-10-11-12-13-14-15-16-17-18-19-21-34-22-20-26(25(29)30,23-24(27)28)35(31,32)33;;/h2-23H2,1H3,(H,27,28)(H,29,30)(H,31,32,33);;/q;2*+1/p-2. The number of hydrogen-bond donors (Lipinski definition) is 1. The van der Waals surface area contributed by atoms with E-state index in [1.807, 2.05) is 0 Å². The molecule has 0 amide bonds. The Balaban J connectivity index is -0.00000578. The normalized spacial score (nSPS) is 12.8. The zero-order chi connectivity index (χ0) is 26.4. The van der Waals surface area contributed by atoms with Gasteiger partial charge in [0.1, 0.15) is 4.75 Å². The van der Waals surface area contributed by atoms with Gasteiger partial charge in [-0.25, -0.2) is 0 Å². The fourth-order valence-corrected chi connectivity index (χ4v) is 5.12. The van der Waals surface area contributed by atoms with Gasteiger partial charge in [-0.15, -0.1) is 0 Å². The molecule has 0 saturated heterocycles. The van der Waals surface area contributed by atoms with E-state index < -0.39 is 39.6 Å². The van der Waals surface area contributed by atoms with Crippen LogP contribution in [0.15, 0.2) is 0 Å². The van der Waals surface area contributed by atoms with E-state index in [4.69, 9.17) is 4.74 Å². The summed E-state index contributed by atoms with van der Waals surface area (Å²) in [6.07, 6.45) is 20.6. The Labute approximate surface area is 269 Å². The van der Waals surface area contributed by atoms with Crippen LogP contribution in [0.2, 0.25) is 0 Å². The minimum Gasteiger partial charge on any atom is -0.550 e. The van der Waals surface area contributed by atoms with Gasteiger partial charge in [-0.1, -0.05) is 116 Å². The summed E-state index contributed by atoms with van der Waals surface area (Å²) < 4.78 is 34.4. The zero-order valence-electron chi connectivity index (χ0n) is 23.8. The van der Waals surface area contributed by atoms with E-state index in [1.54, 1.807) is 0 Å². The molecular weight excluding hydrogens is 518 g/mol. The van der Waals surface area contributed by atoms with Crippen molar-refractivity contribution in [3.63, 3.8) is 0 Å². The molecule has 0 fully saturated rings. The molecule has 1 atom stereocenters. The van der Waals surface area contributed by atoms with E-state index in [2.05, 4.69) is 6.92 Å². The first kappa shape index (κ1) is 42.3. The number of carbonyl (C=O) groups is 2. The summed E-state index contributed by atoms with van der Waals surface area (Å²) in [4.78, 5) is 22.0. The van der Waals surface area contributed by atoms with Crippen LogP contribution in [0.25, 0.3) is 0 Å². The van der Waals surface area contributed by atoms with Gasteiger partial charge in [-0.05, 0) is 12.8 Å². The van der Waals surface area contributed by atoms with Crippen LogP contribution < -0.4 is 69.3 Å². The molecule has 0 aliphatic carbocycles. The number of aliphatic carboxylic acids is 2. The van der Waals surface area contributed by atoms with Gasteiger partial charge in [0, 0.05) is 25.6 Å². The Hall–Kier alpha value is 0.810. The number of ether oxygens (including phenoxy) is 1. The van der Waals surface area contributed by atoms with E-state index in [-0.39, 0.29) is 65.7 Å². The average molecular weight is 567 g/mol. The fourth-order valence-electron chi connectivity index (χ4n) is 4.27. The van der Waals surface area contributed by atoms with E-state index in [1.165, 1.54) is 89.9 Å². The third-order valence-electron chi connectivity index (χ3n) is 6.59. The van der Waals surface area contributed by atoms with E-state index in [9.17, 15) is 32.8 Å². The molecule has 0 saturated carbocycles. The quantitative estimate of drug-likeness (QED) is 0.0717. The summed E-state index contributed by atoms with van der Waals surface area (Å²) in [5.41, 5.74) is 0. The van der Waals surface area contributed by atoms with Crippen LogP contribution in [-0.4, -0.2) is 42.9 Å². The molecule has 11 heteroatoms. The molecule has 0 aromatic carbocycles. The second-order valence-electron chi connectivity index (χ2n) is 9.68. The van der Waals surface area contributed by atoms with Crippen molar-refractivity contribution >= 4 is 22.1 Å². The molecule has 0 spiro atoms. The van der Waals surface area contributed by atoms with Gasteiger partial charge < -0.3 is 24.5 Å². The smallest absolute Gasteiger partial charge is 0.550 e. The van der Waals surface area contributed by atoms with Crippen LogP contribution in [0.4, 0.5) is 0 Å². The Morgan fingerprint density at radius 3 is 1.32 bits per heavy atom. The average Bonchev–Trinajstić information content (AvgIpc) is 2.78. The molecule has 1 N–H and O–H groups in total. The number of hydrogen-bond acceptors (Lipinski definition) is 7. The van der Waals surface area contributed by atoms with Gasteiger partial charge in [-0.3, -0.25) is 4.55 Å². The van der Waals surface area contributed by atoms with Crippen LogP contribution in [0.1, 0.15) is 135 Å². The van der Waals surface area contributed by atoms with Gasteiger partial charge in [0.2, 0.25) is 0 Å². The molecule has 0 radical (unpaired) electrons. The minimum absolute atomic E-state index is 0.